The van der Waals surface area contributed by atoms with E-state index in [1.165, 1.54) is 9.75 Å². The van der Waals surface area contributed by atoms with E-state index in [9.17, 15) is 0 Å². The van der Waals surface area contributed by atoms with E-state index in [1.807, 2.05) is 6.07 Å². The fourth-order valence-electron chi connectivity index (χ4n) is 1.33. The van der Waals surface area contributed by atoms with Gasteiger partial charge in [0.15, 0.2) is 0 Å². The average molecular weight is 397 g/mol. The van der Waals surface area contributed by atoms with Crippen molar-refractivity contribution in [1.82, 2.24) is 4.98 Å². The van der Waals surface area contributed by atoms with E-state index < -0.39 is 0 Å². The van der Waals surface area contributed by atoms with Crippen LogP contribution in [0.1, 0.15) is 9.75 Å². The Hall–Kier alpha value is -0.100. The van der Waals surface area contributed by atoms with Gasteiger partial charge in [-0.1, -0.05) is 11.6 Å². The first-order valence-electron chi connectivity index (χ1n) is 4.86. The number of hydrogen-bond acceptors (Lipinski definition) is 3. The Bertz CT molecular complexity index is 523. The summed E-state index contributed by atoms with van der Waals surface area (Å²) in [5.41, 5.74) is 0.902. The molecule has 2 nitrogen and oxygen atoms in total. The number of anilines is 1. The number of rotatable bonds is 3. The van der Waals surface area contributed by atoms with Crippen LogP contribution in [-0.4, -0.2) is 4.98 Å². The van der Waals surface area contributed by atoms with E-state index in [1.54, 1.807) is 17.5 Å². The van der Waals surface area contributed by atoms with Gasteiger partial charge in [-0.05, 0) is 50.9 Å². The quantitative estimate of drug-likeness (QED) is 0.718. The SMILES string of the molecule is Cc1sc(CNc2cc(Cl)cnc2Br)cc1Br. The number of pyridine rings is 1. The highest BCUT2D eigenvalue weighted by molar-refractivity contribution is 9.10. The summed E-state index contributed by atoms with van der Waals surface area (Å²) in [6.07, 6.45) is 1.61. The van der Waals surface area contributed by atoms with Crippen molar-refractivity contribution in [2.24, 2.45) is 0 Å². The summed E-state index contributed by atoms with van der Waals surface area (Å²) >= 11 is 14.6. The van der Waals surface area contributed by atoms with E-state index in [0.29, 0.717) is 5.02 Å². The first-order valence-corrected chi connectivity index (χ1v) is 7.64. The summed E-state index contributed by atoms with van der Waals surface area (Å²) in [5, 5.41) is 3.93. The van der Waals surface area contributed by atoms with Gasteiger partial charge in [-0.3, -0.25) is 0 Å². The lowest BCUT2D eigenvalue weighted by molar-refractivity contribution is 1.16. The molecular formula is C11H9Br2ClN2S. The molecule has 0 spiro atoms. The number of aromatic nitrogens is 1. The van der Waals surface area contributed by atoms with Gasteiger partial charge in [-0.15, -0.1) is 11.3 Å². The molecule has 17 heavy (non-hydrogen) atoms. The average Bonchev–Trinajstić information content (AvgIpc) is 2.60. The van der Waals surface area contributed by atoms with Gasteiger partial charge in [0.1, 0.15) is 4.60 Å². The fraction of sp³-hybridized carbons (Fsp3) is 0.182. The zero-order valence-electron chi connectivity index (χ0n) is 8.93. The topological polar surface area (TPSA) is 24.9 Å². The molecule has 0 saturated heterocycles. The van der Waals surface area contributed by atoms with Crippen LogP contribution in [0.2, 0.25) is 5.02 Å². The molecule has 0 fully saturated rings. The van der Waals surface area contributed by atoms with E-state index in [2.05, 4.69) is 55.2 Å². The standard InChI is InChI=1S/C11H9Br2ClN2S/c1-6-9(12)3-8(17-6)5-15-10-2-7(14)4-16-11(10)13/h2-4,15H,5H2,1H3. The van der Waals surface area contributed by atoms with Crippen molar-refractivity contribution in [3.63, 3.8) is 0 Å². The van der Waals surface area contributed by atoms with Crippen LogP contribution in [-0.2, 0) is 6.54 Å². The van der Waals surface area contributed by atoms with Crippen molar-refractivity contribution in [3.8, 4) is 0 Å². The van der Waals surface area contributed by atoms with Crippen LogP contribution < -0.4 is 5.32 Å². The molecule has 2 aromatic rings. The second-order valence-corrected chi connectivity index (χ2v) is 6.85. The summed E-state index contributed by atoms with van der Waals surface area (Å²) in [6.45, 7) is 2.85. The number of nitrogens with one attached hydrogen (secondary N) is 1. The zero-order valence-corrected chi connectivity index (χ0v) is 13.7. The molecule has 2 rings (SSSR count). The minimum Gasteiger partial charge on any atom is -0.378 e. The molecule has 0 bridgehead atoms. The van der Waals surface area contributed by atoms with Crippen molar-refractivity contribution >= 4 is 60.5 Å². The van der Waals surface area contributed by atoms with E-state index in [-0.39, 0.29) is 0 Å². The molecule has 2 heterocycles. The molecule has 6 heteroatoms. The Kier molecular flexibility index (Phi) is 4.47. The Morgan fingerprint density at radius 2 is 2.18 bits per heavy atom. The third kappa shape index (κ3) is 3.44. The molecule has 0 aliphatic carbocycles. The summed E-state index contributed by atoms with van der Waals surface area (Å²) < 4.78 is 1.93. The minimum absolute atomic E-state index is 0.624. The molecule has 0 atom stereocenters. The van der Waals surface area contributed by atoms with Crippen LogP contribution in [0.4, 0.5) is 5.69 Å². The van der Waals surface area contributed by atoms with Crippen LogP contribution in [0, 0.1) is 6.92 Å². The molecule has 0 radical (unpaired) electrons. The van der Waals surface area contributed by atoms with Crippen LogP contribution in [0.15, 0.2) is 27.4 Å². The monoisotopic (exact) mass is 394 g/mol. The predicted octanol–water partition coefficient (Wildman–Crippen LogP) is 5.24. The van der Waals surface area contributed by atoms with Crippen molar-refractivity contribution in [2.75, 3.05) is 5.32 Å². The van der Waals surface area contributed by atoms with Crippen LogP contribution in [0.5, 0.6) is 0 Å². The van der Waals surface area contributed by atoms with Crippen molar-refractivity contribution < 1.29 is 0 Å². The molecule has 0 saturated carbocycles. The number of hydrogen-bond donors (Lipinski definition) is 1. The van der Waals surface area contributed by atoms with Gasteiger partial charge in [0, 0.05) is 27.0 Å². The molecule has 2 aromatic heterocycles. The number of aryl methyl sites for hydroxylation is 1. The van der Waals surface area contributed by atoms with Gasteiger partial charge in [0.05, 0.1) is 10.7 Å². The van der Waals surface area contributed by atoms with Crippen molar-refractivity contribution in [2.45, 2.75) is 13.5 Å². The number of thiophene rings is 1. The number of nitrogens with zero attached hydrogens (tertiary/aromatic N) is 1. The highest BCUT2D eigenvalue weighted by Gasteiger charge is 2.05. The molecular weight excluding hydrogens is 387 g/mol. The van der Waals surface area contributed by atoms with Gasteiger partial charge >= 0.3 is 0 Å². The maximum atomic E-state index is 5.90. The van der Waals surface area contributed by atoms with Gasteiger partial charge < -0.3 is 5.32 Å². The molecule has 0 aromatic carbocycles. The van der Waals surface area contributed by atoms with Gasteiger partial charge in [0.2, 0.25) is 0 Å². The smallest absolute Gasteiger partial charge is 0.129 e. The Balaban J connectivity index is 2.09. The Morgan fingerprint density at radius 1 is 1.41 bits per heavy atom. The number of halogens is 3. The van der Waals surface area contributed by atoms with Crippen molar-refractivity contribution in [1.29, 1.82) is 0 Å². The summed E-state index contributed by atoms with van der Waals surface area (Å²) in [4.78, 5) is 6.68. The van der Waals surface area contributed by atoms with E-state index in [4.69, 9.17) is 11.6 Å². The lowest BCUT2D eigenvalue weighted by Crippen LogP contribution is -1.99. The first kappa shape index (κ1) is 13.3. The lowest BCUT2D eigenvalue weighted by atomic mass is 10.4. The third-order valence-corrected chi connectivity index (χ3v) is 5.14. The van der Waals surface area contributed by atoms with Crippen LogP contribution in [0.3, 0.4) is 0 Å². The lowest BCUT2D eigenvalue weighted by Gasteiger charge is -2.06. The molecule has 0 aliphatic heterocycles. The van der Waals surface area contributed by atoms with Crippen LogP contribution >= 0.6 is 54.8 Å². The van der Waals surface area contributed by atoms with Gasteiger partial charge in [0.25, 0.3) is 0 Å². The second kappa shape index (κ2) is 5.69. The second-order valence-electron chi connectivity index (χ2n) is 3.46. The van der Waals surface area contributed by atoms with E-state index in [0.717, 1.165) is 21.3 Å². The maximum absolute atomic E-state index is 5.90. The fourth-order valence-corrected chi connectivity index (χ4v) is 3.39. The Morgan fingerprint density at radius 3 is 2.82 bits per heavy atom. The normalized spacial score (nSPS) is 10.6. The largest absolute Gasteiger partial charge is 0.378 e. The maximum Gasteiger partial charge on any atom is 0.129 e. The highest BCUT2D eigenvalue weighted by Crippen LogP contribution is 2.28. The summed E-state index contributed by atoms with van der Waals surface area (Å²) in [5.74, 6) is 0. The van der Waals surface area contributed by atoms with Crippen molar-refractivity contribution in [3.05, 3.63) is 42.2 Å². The molecule has 1 N–H and O–H groups in total. The highest BCUT2D eigenvalue weighted by atomic mass is 79.9. The first-order chi connectivity index (χ1) is 8.06. The Labute approximate surface area is 126 Å². The predicted molar refractivity (Wildman–Crippen MR) is 81.0 cm³/mol. The van der Waals surface area contributed by atoms with Crippen LogP contribution in [0.25, 0.3) is 0 Å². The zero-order chi connectivity index (χ0) is 12.4. The summed E-state index contributed by atoms with van der Waals surface area (Å²) in [6, 6.07) is 3.98. The third-order valence-electron chi connectivity index (χ3n) is 2.17. The minimum atomic E-state index is 0.624. The molecule has 0 aliphatic rings. The van der Waals surface area contributed by atoms with Gasteiger partial charge in [-0.2, -0.15) is 0 Å². The molecule has 0 unspecified atom stereocenters. The van der Waals surface area contributed by atoms with Gasteiger partial charge in [-0.25, -0.2) is 4.98 Å². The summed E-state index contributed by atoms with van der Waals surface area (Å²) in [7, 11) is 0. The van der Waals surface area contributed by atoms with E-state index >= 15 is 0 Å². The molecule has 90 valence electrons. The molecule has 0 amide bonds.